The highest BCUT2D eigenvalue weighted by Gasteiger charge is 2.51. The molecule has 0 bridgehead atoms. The van der Waals surface area contributed by atoms with Crippen LogP contribution in [-0.4, -0.2) is 48.6 Å². The van der Waals surface area contributed by atoms with Crippen LogP contribution in [0.3, 0.4) is 0 Å². The first kappa shape index (κ1) is 31.7. The molecule has 1 aliphatic carbocycles. The van der Waals surface area contributed by atoms with Crippen molar-refractivity contribution in [3.05, 3.63) is 60.7 Å². The molecule has 0 aliphatic heterocycles. The molecule has 1 saturated carbocycles. The molecule has 7 nitrogen and oxygen atoms in total. The van der Waals surface area contributed by atoms with Crippen LogP contribution < -0.4 is 21.0 Å². The van der Waals surface area contributed by atoms with Gasteiger partial charge in [0.25, 0.3) is 8.32 Å². The molecule has 0 heterocycles. The third-order valence-corrected chi connectivity index (χ3v) is 12.0. The number of carbonyl (C=O) groups is 2. The lowest BCUT2D eigenvalue weighted by atomic mass is 9.78. The van der Waals surface area contributed by atoms with Crippen LogP contribution in [0.15, 0.2) is 60.7 Å². The number of amides is 2. The van der Waals surface area contributed by atoms with Crippen molar-refractivity contribution in [1.29, 1.82) is 0 Å². The molecule has 220 valence electrons. The molecule has 2 aromatic carbocycles. The minimum absolute atomic E-state index is 0.220. The van der Waals surface area contributed by atoms with E-state index in [9.17, 15) is 14.4 Å². The molecule has 1 unspecified atom stereocenters. The second-order valence-electron chi connectivity index (χ2n) is 13.7. The Hall–Kier alpha value is -2.84. The summed E-state index contributed by atoms with van der Waals surface area (Å²) in [6.07, 6.45) is 1.94. The van der Waals surface area contributed by atoms with Crippen molar-refractivity contribution in [3.8, 4) is 0 Å². The topological polar surface area (TPSA) is 96.9 Å². The van der Waals surface area contributed by atoms with Gasteiger partial charge in [-0.3, -0.25) is 0 Å². The predicted molar refractivity (Wildman–Crippen MR) is 162 cm³/mol. The molecule has 40 heavy (non-hydrogen) atoms. The number of alkyl carbamates (subject to hydrolysis) is 2. The lowest BCUT2D eigenvalue weighted by molar-refractivity contribution is 0.0386. The summed E-state index contributed by atoms with van der Waals surface area (Å²) >= 11 is 0. The zero-order valence-electron chi connectivity index (χ0n) is 25.4. The van der Waals surface area contributed by atoms with Gasteiger partial charge in [-0.05, 0) is 88.6 Å². The fourth-order valence-electron chi connectivity index (χ4n) is 5.87. The van der Waals surface area contributed by atoms with Crippen molar-refractivity contribution in [3.63, 3.8) is 0 Å². The Labute approximate surface area is 241 Å². The lowest BCUT2D eigenvalue weighted by Gasteiger charge is -2.45. The van der Waals surface area contributed by atoms with E-state index in [2.05, 4.69) is 24.5 Å². The van der Waals surface area contributed by atoms with Gasteiger partial charge in [-0.2, -0.15) is 0 Å². The van der Waals surface area contributed by atoms with E-state index in [4.69, 9.17) is 9.47 Å². The molecule has 2 amide bonds. The maximum atomic E-state index is 12.8. The standard InChI is InChI=1S/C32H48N2O5Si/c1-30(2,3)38-28(35)33-26-20-19-23(21-27(26)34-29(36)39-31(4,5)6)22-32(7,8)40(37,24-15-11-9-12-16-24)25-17-13-10-14-18-25/h9-18,23,26-27,37H,19-22H2,1-8H3,(H,33,35)(H,34,36)/t23?,26-,27+/m0/s1. The summed E-state index contributed by atoms with van der Waals surface area (Å²) in [6, 6.07) is 19.4. The third-order valence-electron chi connectivity index (χ3n) is 7.52. The number of hydrogen-bond acceptors (Lipinski definition) is 5. The second-order valence-corrected chi connectivity index (χ2v) is 17.6. The van der Waals surface area contributed by atoms with Gasteiger partial charge in [0.15, 0.2) is 0 Å². The first-order valence-electron chi connectivity index (χ1n) is 14.3. The minimum Gasteiger partial charge on any atom is -0.444 e. The first-order valence-corrected chi connectivity index (χ1v) is 16.3. The maximum Gasteiger partial charge on any atom is 0.407 e. The summed E-state index contributed by atoms with van der Waals surface area (Å²) in [5, 5.41) is 7.56. The first-order chi connectivity index (χ1) is 18.5. The Bertz CT molecular complexity index is 1090. The zero-order chi connectivity index (χ0) is 29.8. The highest BCUT2D eigenvalue weighted by Crippen LogP contribution is 2.45. The van der Waals surface area contributed by atoms with Gasteiger partial charge >= 0.3 is 12.2 Å². The van der Waals surface area contributed by atoms with Crippen LogP contribution in [0.4, 0.5) is 9.59 Å². The quantitative estimate of drug-likeness (QED) is 0.384. The van der Waals surface area contributed by atoms with Crippen LogP contribution in [0.25, 0.3) is 0 Å². The van der Waals surface area contributed by atoms with E-state index in [1.807, 2.05) is 102 Å². The van der Waals surface area contributed by atoms with Crippen molar-refractivity contribution in [2.75, 3.05) is 0 Å². The summed E-state index contributed by atoms with van der Waals surface area (Å²) in [4.78, 5) is 38.0. The fraction of sp³-hybridized carbons (Fsp3) is 0.562. The van der Waals surface area contributed by atoms with Crippen molar-refractivity contribution < 1.29 is 23.9 Å². The van der Waals surface area contributed by atoms with Crippen LogP contribution in [0.2, 0.25) is 5.04 Å². The SMILES string of the molecule is CC(C)(C)OC(=O)N[C@H]1CCC(CC(C)(C)[Si](O)(c2ccccc2)c2ccccc2)C[C@H]1NC(=O)OC(C)(C)C. The number of hydrogen-bond donors (Lipinski definition) is 3. The molecule has 0 saturated heterocycles. The van der Waals surface area contributed by atoms with Gasteiger partial charge in [0.2, 0.25) is 0 Å². The molecule has 0 spiro atoms. The molecule has 0 aromatic heterocycles. The fourth-order valence-corrected chi connectivity index (χ4v) is 9.70. The molecule has 3 atom stereocenters. The van der Waals surface area contributed by atoms with Crippen molar-refractivity contribution in [1.82, 2.24) is 10.6 Å². The van der Waals surface area contributed by atoms with Gasteiger partial charge in [0.05, 0.1) is 12.1 Å². The van der Waals surface area contributed by atoms with Crippen LogP contribution >= 0.6 is 0 Å². The van der Waals surface area contributed by atoms with E-state index in [0.717, 1.165) is 23.2 Å². The van der Waals surface area contributed by atoms with Gasteiger partial charge in [0.1, 0.15) is 11.2 Å². The third kappa shape index (κ3) is 8.33. The van der Waals surface area contributed by atoms with Gasteiger partial charge in [0, 0.05) is 0 Å². The maximum absolute atomic E-state index is 12.8. The van der Waals surface area contributed by atoms with E-state index in [-0.39, 0.29) is 18.0 Å². The highest BCUT2D eigenvalue weighted by atomic mass is 28.4. The van der Waals surface area contributed by atoms with Crippen molar-refractivity contribution in [2.24, 2.45) is 5.92 Å². The highest BCUT2D eigenvalue weighted by molar-refractivity contribution is 6.98. The number of rotatable bonds is 7. The summed E-state index contributed by atoms with van der Waals surface area (Å²) in [7, 11) is -3.17. The molecule has 0 radical (unpaired) electrons. The molecular weight excluding hydrogens is 520 g/mol. The Kier molecular flexibility index (Phi) is 9.78. The zero-order valence-corrected chi connectivity index (χ0v) is 26.4. The molecule has 1 fully saturated rings. The molecule has 2 aromatic rings. The normalized spacial score (nSPS) is 20.4. The van der Waals surface area contributed by atoms with E-state index in [0.29, 0.717) is 12.8 Å². The van der Waals surface area contributed by atoms with Crippen molar-refractivity contribution in [2.45, 2.75) is 109 Å². The smallest absolute Gasteiger partial charge is 0.407 e. The van der Waals surface area contributed by atoms with Crippen LogP contribution in [-0.2, 0) is 9.47 Å². The van der Waals surface area contributed by atoms with Gasteiger partial charge in [-0.1, -0.05) is 74.5 Å². The number of carbonyl (C=O) groups excluding carboxylic acids is 2. The monoisotopic (exact) mass is 568 g/mol. The molecular formula is C32H48N2O5Si. The van der Waals surface area contributed by atoms with E-state index in [1.165, 1.54) is 0 Å². The van der Waals surface area contributed by atoms with Crippen LogP contribution in [0, 0.1) is 5.92 Å². The molecule has 3 rings (SSSR count). The average molecular weight is 569 g/mol. The van der Waals surface area contributed by atoms with Crippen molar-refractivity contribution >= 4 is 30.9 Å². The largest absolute Gasteiger partial charge is 0.444 e. The summed E-state index contributed by atoms with van der Waals surface area (Å²) < 4.78 is 11.1. The van der Waals surface area contributed by atoms with E-state index >= 15 is 0 Å². The summed E-state index contributed by atoms with van der Waals surface area (Å²) in [6.45, 7) is 15.3. The average Bonchev–Trinajstić information content (AvgIpc) is 2.83. The number of ether oxygens (including phenoxy) is 2. The second kappa shape index (κ2) is 12.3. The predicted octanol–water partition coefficient (Wildman–Crippen LogP) is 5.50. The summed E-state index contributed by atoms with van der Waals surface area (Å²) in [5.41, 5.74) is -1.26. The van der Waals surface area contributed by atoms with Gasteiger partial charge in [-0.15, -0.1) is 0 Å². The Morgan fingerprint density at radius 3 is 1.60 bits per heavy atom. The lowest BCUT2D eigenvalue weighted by Crippen LogP contribution is -2.66. The summed E-state index contributed by atoms with van der Waals surface area (Å²) in [5.74, 6) is 0.220. The van der Waals surface area contributed by atoms with E-state index in [1.54, 1.807) is 0 Å². The minimum atomic E-state index is -3.17. The molecule has 1 aliphatic rings. The number of benzene rings is 2. The van der Waals surface area contributed by atoms with Crippen LogP contribution in [0.5, 0.6) is 0 Å². The van der Waals surface area contributed by atoms with E-state index < -0.39 is 36.7 Å². The van der Waals surface area contributed by atoms with Crippen LogP contribution in [0.1, 0.15) is 81.1 Å². The Balaban J connectivity index is 1.85. The van der Waals surface area contributed by atoms with Gasteiger partial charge in [-0.25, -0.2) is 9.59 Å². The molecule has 8 heteroatoms. The number of nitrogens with one attached hydrogen (secondary N) is 2. The molecule has 3 N–H and O–H groups in total. The Morgan fingerprint density at radius 2 is 1.18 bits per heavy atom. The van der Waals surface area contributed by atoms with Gasteiger partial charge < -0.3 is 24.9 Å². The Morgan fingerprint density at radius 1 is 0.750 bits per heavy atom.